The van der Waals surface area contributed by atoms with Crippen LogP contribution in [0.1, 0.15) is 17.5 Å². The molecule has 23 heavy (non-hydrogen) atoms. The van der Waals surface area contributed by atoms with Crippen LogP contribution in [0.5, 0.6) is 0 Å². The first-order valence-corrected chi connectivity index (χ1v) is 7.40. The fourth-order valence-electron chi connectivity index (χ4n) is 2.83. The Kier molecular flexibility index (Phi) is 3.12. The van der Waals surface area contributed by atoms with Gasteiger partial charge in [-0.1, -0.05) is 48.5 Å². The summed E-state index contributed by atoms with van der Waals surface area (Å²) < 4.78 is 4.97. The molecule has 4 rings (SSSR count). The molecule has 1 aromatic heterocycles. The fourth-order valence-corrected chi connectivity index (χ4v) is 2.83. The normalized spacial score (nSPS) is 11.2. The maximum absolute atomic E-state index is 11.9. The van der Waals surface area contributed by atoms with E-state index < -0.39 is 5.97 Å². The lowest BCUT2D eigenvalue weighted by atomic mass is 10.00. The van der Waals surface area contributed by atoms with Crippen molar-refractivity contribution in [2.75, 3.05) is 6.61 Å². The third kappa shape index (κ3) is 2.09. The second-order valence-corrected chi connectivity index (χ2v) is 5.14. The second kappa shape index (κ2) is 5.28. The summed E-state index contributed by atoms with van der Waals surface area (Å²) in [6.07, 6.45) is 0. The molecule has 0 amide bonds. The van der Waals surface area contributed by atoms with Crippen LogP contribution >= 0.6 is 0 Å². The second-order valence-electron chi connectivity index (χ2n) is 5.14. The molecular weight excluding hydrogens is 290 g/mol. The van der Waals surface area contributed by atoms with Crippen molar-refractivity contribution in [3.05, 3.63) is 54.4 Å². The topological polar surface area (TPSA) is 65.0 Å². The van der Waals surface area contributed by atoms with E-state index in [9.17, 15) is 4.79 Å². The zero-order valence-corrected chi connectivity index (χ0v) is 12.5. The smallest absolute Gasteiger partial charge is 0.378 e. The Labute approximate surface area is 131 Å². The summed E-state index contributed by atoms with van der Waals surface area (Å²) in [7, 11) is 0. The standard InChI is InChI=1S/C18H13N3O2/c1-2-23-18(22)17-19-15-13-9-5-3-7-11(13)12-8-4-6-10-14(12)16(15)20-21-17/h3-10H,2H2,1H3. The first-order valence-electron chi connectivity index (χ1n) is 7.40. The molecule has 0 saturated carbocycles. The average molecular weight is 303 g/mol. The van der Waals surface area contributed by atoms with Gasteiger partial charge in [0.1, 0.15) is 11.0 Å². The fraction of sp³-hybridized carbons (Fsp3) is 0.111. The summed E-state index contributed by atoms with van der Waals surface area (Å²) in [5.41, 5.74) is 1.35. The van der Waals surface area contributed by atoms with E-state index in [4.69, 9.17) is 4.74 Å². The summed E-state index contributed by atoms with van der Waals surface area (Å²) in [5.74, 6) is -0.570. The number of ether oxygens (including phenoxy) is 1. The van der Waals surface area contributed by atoms with Crippen LogP contribution in [0.3, 0.4) is 0 Å². The van der Waals surface area contributed by atoms with Crippen molar-refractivity contribution in [3.8, 4) is 0 Å². The van der Waals surface area contributed by atoms with Crippen LogP contribution in [0.15, 0.2) is 48.5 Å². The maximum Gasteiger partial charge on any atom is 0.378 e. The predicted molar refractivity (Wildman–Crippen MR) is 88.3 cm³/mol. The van der Waals surface area contributed by atoms with E-state index in [0.717, 1.165) is 21.5 Å². The third-order valence-electron chi connectivity index (χ3n) is 3.80. The van der Waals surface area contributed by atoms with Crippen LogP contribution < -0.4 is 0 Å². The summed E-state index contributed by atoms with van der Waals surface area (Å²) in [6, 6.07) is 16.0. The van der Waals surface area contributed by atoms with E-state index in [-0.39, 0.29) is 12.4 Å². The first kappa shape index (κ1) is 13.6. The molecule has 1 heterocycles. The van der Waals surface area contributed by atoms with E-state index in [1.807, 2.05) is 42.5 Å². The largest absolute Gasteiger partial charge is 0.460 e. The number of aromatic nitrogens is 3. The number of fused-ring (bicyclic) bond motifs is 6. The highest BCUT2D eigenvalue weighted by Gasteiger charge is 2.16. The molecule has 0 saturated heterocycles. The molecule has 0 spiro atoms. The number of carbonyl (C=O) groups is 1. The predicted octanol–water partition coefficient (Wildman–Crippen LogP) is 3.51. The molecule has 5 nitrogen and oxygen atoms in total. The van der Waals surface area contributed by atoms with Gasteiger partial charge in [-0.2, -0.15) is 0 Å². The quantitative estimate of drug-likeness (QED) is 0.419. The number of esters is 1. The van der Waals surface area contributed by atoms with Crippen LogP contribution in [0.25, 0.3) is 32.6 Å². The summed E-state index contributed by atoms with van der Waals surface area (Å²) in [4.78, 5) is 16.3. The Bertz CT molecular complexity index is 1020. The molecule has 0 aliphatic heterocycles. The summed E-state index contributed by atoms with van der Waals surface area (Å²) >= 11 is 0. The zero-order valence-electron chi connectivity index (χ0n) is 12.5. The molecule has 0 atom stereocenters. The molecule has 0 aliphatic rings. The van der Waals surface area contributed by atoms with E-state index in [1.165, 1.54) is 0 Å². The van der Waals surface area contributed by atoms with Crippen molar-refractivity contribution >= 4 is 38.5 Å². The molecule has 0 radical (unpaired) electrons. The minimum atomic E-state index is -0.556. The van der Waals surface area contributed by atoms with Gasteiger partial charge in [-0.3, -0.25) is 0 Å². The van der Waals surface area contributed by atoms with Crippen molar-refractivity contribution in [2.45, 2.75) is 6.92 Å². The third-order valence-corrected chi connectivity index (χ3v) is 3.80. The van der Waals surface area contributed by atoms with E-state index in [1.54, 1.807) is 6.92 Å². The molecule has 4 aromatic rings. The zero-order chi connectivity index (χ0) is 15.8. The number of hydrogen-bond donors (Lipinski definition) is 0. The lowest BCUT2D eigenvalue weighted by molar-refractivity contribution is 0.0511. The number of rotatable bonds is 2. The Morgan fingerprint density at radius 3 is 2.04 bits per heavy atom. The van der Waals surface area contributed by atoms with Gasteiger partial charge in [-0.15, -0.1) is 10.2 Å². The first-order chi connectivity index (χ1) is 11.3. The number of hydrogen-bond acceptors (Lipinski definition) is 5. The summed E-state index contributed by atoms with van der Waals surface area (Å²) in [5, 5.41) is 12.3. The lowest BCUT2D eigenvalue weighted by Crippen LogP contribution is -2.11. The lowest BCUT2D eigenvalue weighted by Gasteiger charge is -2.08. The van der Waals surface area contributed by atoms with Crippen molar-refractivity contribution in [3.63, 3.8) is 0 Å². The Hall–Kier alpha value is -3.08. The molecular formula is C18H13N3O2. The molecule has 0 bridgehead atoms. The van der Waals surface area contributed by atoms with E-state index in [0.29, 0.717) is 11.0 Å². The minimum Gasteiger partial charge on any atom is -0.460 e. The molecule has 5 heteroatoms. The van der Waals surface area contributed by atoms with Gasteiger partial charge in [-0.05, 0) is 17.7 Å². The highest BCUT2D eigenvalue weighted by molar-refractivity contribution is 6.23. The Morgan fingerprint density at radius 1 is 0.870 bits per heavy atom. The van der Waals surface area contributed by atoms with Gasteiger partial charge in [0.25, 0.3) is 5.82 Å². The Morgan fingerprint density at radius 2 is 1.43 bits per heavy atom. The molecule has 0 N–H and O–H groups in total. The molecule has 112 valence electrons. The van der Waals surface area contributed by atoms with Gasteiger partial charge in [0.2, 0.25) is 0 Å². The van der Waals surface area contributed by atoms with E-state index >= 15 is 0 Å². The van der Waals surface area contributed by atoms with E-state index in [2.05, 4.69) is 21.2 Å². The van der Waals surface area contributed by atoms with Crippen molar-refractivity contribution < 1.29 is 9.53 Å². The maximum atomic E-state index is 11.9. The van der Waals surface area contributed by atoms with Crippen LogP contribution in [-0.2, 0) is 4.74 Å². The van der Waals surface area contributed by atoms with Gasteiger partial charge >= 0.3 is 5.97 Å². The van der Waals surface area contributed by atoms with Gasteiger partial charge in [0.15, 0.2) is 0 Å². The van der Waals surface area contributed by atoms with Crippen LogP contribution in [-0.4, -0.2) is 27.8 Å². The molecule has 0 fully saturated rings. The highest BCUT2D eigenvalue weighted by atomic mass is 16.5. The molecule has 3 aromatic carbocycles. The van der Waals surface area contributed by atoms with Gasteiger partial charge < -0.3 is 4.74 Å². The van der Waals surface area contributed by atoms with Crippen molar-refractivity contribution in [1.82, 2.24) is 15.2 Å². The molecule has 0 unspecified atom stereocenters. The van der Waals surface area contributed by atoms with Gasteiger partial charge in [0.05, 0.1) is 6.61 Å². The number of nitrogens with zero attached hydrogens (tertiary/aromatic N) is 3. The van der Waals surface area contributed by atoms with Gasteiger partial charge in [0, 0.05) is 10.8 Å². The minimum absolute atomic E-state index is 0.0141. The summed E-state index contributed by atoms with van der Waals surface area (Å²) in [6.45, 7) is 2.02. The monoisotopic (exact) mass is 303 g/mol. The SMILES string of the molecule is CCOC(=O)c1nnc2c3ccccc3c3ccccc3c2n1. The molecule has 0 aliphatic carbocycles. The highest BCUT2D eigenvalue weighted by Crippen LogP contribution is 2.32. The number of carbonyl (C=O) groups excluding carboxylic acids is 1. The van der Waals surface area contributed by atoms with Crippen molar-refractivity contribution in [2.24, 2.45) is 0 Å². The number of benzene rings is 3. The van der Waals surface area contributed by atoms with Crippen molar-refractivity contribution in [1.29, 1.82) is 0 Å². The van der Waals surface area contributed by atoms with Crippen LogP contribution in [0.2, 0.25) is 0 Å². The van der Waals surface area contributed by atoms with Gasteiger partial charge in [-0.25, -0.2) is 9.78 Å². The van der Waals surface area contributed by atoms with Crippen LogP contribution in [0, 0.1) is 0 Å². The van der Waals surface area contributed by atoms with Crippen LogP contribution in [0.4, 0.5) is 0 Å². The average Bonchev–Trinajstić information content (AvgIpc) is 2.62. The Balaban J connectivity index is 2.15.